The Morgan fingerprint density at radius 2 is 2.31 bits per heavy atom. The predicted molar refractivity (Wildman–Crippen MR) is 68.4 cm³/mol. The van der Waals surface area contributed by atoms with Crippen molar-refractivity contribution in [2.45, 2.75) is 32.7 Å². The number of halogens is 1. The van der Waals surface area contributed by atoms with Crippen LogP contribution in [-0.2, 0) is 11.2 Å². The van der Waals surface area contributed by atoms with E-state index >= 15 is 0 Å². The highest BCUT2D eigenvalue weighted by atomic mass is 79.9. The number of hydrogen-bond donors (Lipinski definition) is 1. The van der Waals surface area contributed by atoms with Crippen molar-refractivity contribution in [1.82, 2.24) is 10.3 Å². The number of hydrogen-bond acceptors (Lipinski definition) is 3. The molecule has 1 unspecified atom stereocenters. The number of carbonyl (C=O) groups excluding carboxylic acids is 1. The Hall–Kier alpha value is -0.740. The van der Waals surface area contributed by atoms with Crippen molar-refractivity contribution in [2.24, 2.45) is 0 Å². The molecule has 0 aromatic carbocycles. The van der Waals surface area contributed by atoms with Gasteiger partial charge in [-0.25, -0.2) is 0 Å². The topological polar surface area (TPSA) is 42.0 Å². The quantitative estimate of drug-likeness (QED) is 0.872. The summed E-state index contributed by atoms with van der Waals surface area (Å²) in [5.41, 5.74) is 0.830. The molecule has 0 radical (unpaired) electrons. The Morgan fingerprint density at radius 1 is 1.56 bits per heavy atom. The molecule has 1 rings (SSSR count). The molecule has 1 heterocycles. The molecule has 16 heavy (non-hydrogen) atoms. The van der Waals surface area contributed by atoms with Crippen LogP contribution in [0.5, 0.6) is 0 Å². The van der Waals surface area contributed by atoms with Crippen LogP contribution in [0, 0.1) is 0 Å². The first-order valence-electron chi connectivity index (χ1n) is 5.47. The van der Waals surface area contributed by atoms with Crippen LogP contribution < -0.4 is 5.32 Å². The maximum atomic E-state index is 11.7. The fourth-order valence-corrected chi connectivity index (χ4v) is 1.78. The molecule has 3 nitrogen and oxygen atoms in total. The van der Waals surface area contributed by atoms with Crippen molar-refractivity contribution in [3.8, 4) is 0 Å². The molecule has 0 saturated heterocycles. The maximum absolute atomic E-state index is 11.7. The molecule has 0 aliphatic carbocycles. The number of nitrogens with one attached hydrogen (secondary N) is 1. The summed E-state index contributed by atoms with van der Waals surface area (Å²) in [5.74, 6) is 0.225. The van der Waals surface area contributed by atoms with Gasteiger partial charge in [0.15, 0.2) is 0 Å². The minimum atomic E-state index is 0.225. The van der Waals surface area contributed by atoms with Crippen molar-refractivity contribution >= 4 is 21.7 Å². The van der Waals surface area contributed by atoms with Crippen LogP contribution >= 0.6 is 15.9 Å². The van der Waals surface area contributed by atoms with Crippen LogP contribution in [0.25, 0.3) is 0 Å². The monoisotopic (exact) mass is 284 g/mol. The molecule has 1 atom stereocenters. The molecule has 0 aliphatic rings. The Kier molecular flexibility index (Phi) is 5.63. The van der Waals surface area contributed by atoms with Gasteiger partial charge in [0.05, 0.1) is 0 Å². The highest BCUT2D eigenvalue weighted by Crippen LogP contribution is 2.08. The van der Waals surface area contributed by atoms with Crippen LogP contribution in [-0.4, -0.2) is 23.4 Å². The summed E-state index contributed by atoms with van der Waals surface area (Å²) in [7, 11) is 0. The zero-order chi connectivity index (χ0) is 12.0. The summed E-state index contributed by atoms with van der Waals surface area (Å²) in [6.07, 6.45) is 2.70. The van der Waals surface area contributed by atoms with Gasteiger partial charge in [0.1, 0.15) is 5.78 Å². The van der Waals surface area contributed by atoms with Crippen LogP contribution in [0.4, 0.5) is 0 Å². The van der Waals surface area contributed by atoms with E-state index in [1.165, 1.54) is 0 Å². The van der Waals surface area contributed by atoms with Gasteiger partial charge in [-0.2, -0.15) is 0 Å². The van der Waals surface area contributed by atoms with E-state index in [4.69, 9.17) is 0 Å². The maximum Gasteiger partial charge on any atom is 0.140 e. The van der Waals surface area contributed by atoms with Gasteiger partial charge in [-0.1, -0.05) is 6.92 Å². The molecule has 0 spiro atoms. The minimum Gasteiger partial charge on any atom is -0.314 e. The first kappa shape index (κ1) is 13.3. The lowest BCUT2D eigenvalue weighted by atomic mass is 10.1. The number of rotatable bonds is 6. The second-order valence-corrected chi connectivity index (χ2v) is 4.76. The highest BCUT2D eigenvalue weighted by Gasteiger charge is 2.09. The number of pyridine rings is 1. The smallest absolute Gasteiger partial charge is 0.140 e. The number of nitrogens with zero attached hydrogens (tertiary/aromatic N) is 1. The molecular formula is C12H17BrN2O. The van der Waals surface area contributed by atoms with Crippen molar-refractivity contribution < 1.29 is 4.79 Å². The Morgan fingerprint density at radius 3 is 2.88 bits per heavy atom. The van der Waals surface area contributed by atoms with Crippen LogP contribution in [0.1, 0.15) is 26.0 Å². The minimum absolute atomic E-state index is 0.225. The van der Waals surface area contributed by atoms with E-state index in [1.54, 1.807) is 6.20 Å². The molecule has 1 N–H and O–H groups in total. The molecule has 0 amide bonds. The molecule has 4 heteroatoms. The largest absolute Gasteiger partial charge is 0.314 e. The predicted octanol–water partition coefficient (Wildman–Crippen LogP) is 2.34. The van der Waals surface area contributed by atoms with E-state index in [-0.39, 0.29) is 11.8 Å². The first-order chi connectivity index (χ1) is 7.61. The van der Waals surface area contributed by atoms with Gasteiger partial charge in [-0.05, 0) is 41.5 Å². The van der Waals surface area contributed by atoms with Crippen molar-refractivity contribution in [2.75, 3.05) is 6.54 Å². The third-order valence-electron chi connectivity index (χ3n) is 2.25. The number of Topliss-reactive ketones (excluding diaryl/α,β-unsaturated/α-hetero) is 1. The first-order valence-corrected chi connectivity index (χ1v) is 6.26. The van der Waals surface area contributed by atoms with E-state index in [0.29, 0.717) is 12.8 Å². The van der Waals surface area contributed by atoms with E-state index in [0.717, 1.165) is 16.7 Å². The molecule has 1 aromatic heterocycles. The van der Waals surface area contributed by atoms with Crippen LogP contribution in [0.3, 0.4) is 0 Å². The second kappa shape index (κ2) is 6.76. The second-order valence-electron chi connectivity index (χ2n) is 3.85. The summed E-state index contributed by atoms with van der Waals surface area (Å²) >= 11 is 3.32. The van der Waals surface area contributed by atoms with E-state index in [9.17, 15) is 4.79 Å². The Labute approximate surface area is 105 Å². The normalized spacial score (nSPS) is 12.4. The van der Waals surface area contributed by atoms with Gasteiger partial charge in [-0.15, -0.1) is 0 Å². The van der Waals surface area contributed by atoms with Gasteiger partial charge < -0.3 is 5.32 Å². The summed E-state index contributed by atoms with van der Waals surface area (Å²) in [6, 6.07) is 4.02. The van der Waals surface area contributed by atoms with Gasteiger partial charge in [0.25, 0.3) is 0 Å². The van der Waals surface area contributed by atoms with Crippen molar-refractivity contribution in [3.05, 3.63) is 28.5 Å². The molecule has 0 fully saturated rings. The SMILES string of the molecule is CCNC(C)CC(=O)Cc1ccc(Br)cn1. The van der Waals surface area contributed by atoms with Crippen LogP contribution in [0.2, 0.25) is 0 Å². The third kappa shape index (κ3) is 4.86. The molecular weight excluding hydrogens is 268 g/mol. The molecule has 1 aromatic rings. The number of ketones is 1. The van der Waals surface area contributed by atoms with Crippen LogP contribution in [0.15, 0.2) is 22.8 Å². The zero-order valence-corrected chi connectivity index (χ0v) is 11.3. The molecule has 88 valence electrons. The third-order valence-corrected chi connectivity index (χ3v) is 2.72. The standard InChI is InChI=1S/C12H17BrN2O/c1-3-14-9(2)6-12(16)7-11-5-4-10(13)8-15-11/h4-5,8-9,14H,3,6-7H2,1-2H3. The van der Waals surface area contributed by atoms with Crippen molar-refractivity contribution in [1.29, 1.82) is 0 Å². The molecule has 0 saturated carbocycles. The summed E-state index contributed by atoms with van der Waals surface area (Å²) in [5, 5.41) is 3.22. The molecule has 0 aliphatic heterocycles. The fraction of sp³-hybridized carbons (Fsp3) is 0.500. The number of carbonyl (C=O) groups is 1. The fourth-order valence-electron chi connectivity index (χ4n) is 1.55. The van der Waals surface area contributed by atoms with E-state index < -0.39 is 0 Å². The Bertz CT molecular complexity index is 337. The molecule has 0 bridgehead atoms. The van der Waals surface area contributed by atoms with Crippen molar-refractivity contribution in [3.63, 3.8) is 0 Å². The van der Waals surface area contributed by atoms with Gasteiger partial charge in [-0.3, -0.25) is 9.78 Å². The number of aromatic nitrogens is 1. The summed E-state index contributed by atoms with van der Waals surface area (Å²) < 4.78 is 0.935. The van der Waals surface area contributed by atoms with Gasteiger partial charge in [0, 0.05) is 35.2 Å². The average molecular weight is 285 g/mol. The highest BCUT2D eigenvalue weighted by molar-refractivity contribution is 9.10. The van der Waals surface area contributed by atoms with E-state index in [1.807, 2.05) is 26.0 Å². The lowest BCUT2D eigenvalue weighted by Gasteiger charge is -2.10. The zero-order valence-electron chi connectivity index (χ0n) is 9.66. The van der Waals surface area contributed by atoms with E-state index in [2.05, 4.69) is 26.2 Å². The average Bonchev–Trinajstić information content (AvgIpc) is 2.21. The lowest BCUT2D eigenvalue weighted by molar-refractivity contribution is -0.118. The van der Waals surface area contributed by atoms with Gasteiger partial charge in [0.2, 0.25) is 0 Å². The summed E-state index contributed by atoms with van der Waals surface area (Å²) in [4.78, 5) is 15.9. The lowest BCUT2D eigenvalue weighted by Crippen LogP contribution is -2.28. The Balaban J connectivity index is 2.42. The van der Waals surface area contributed by atoms with Gasteiger partial charge >= 0.3 is 0 Å². The summed E-state index contributed by atoms with van der Waals surface area (Å²) in [6.45, 7) is 4.96.